The second-order valence-corrected chi connectivity index (χ2v) is 3.93. The van der Waals surface area contributed by atoms with Crippen molar-refractivity contribution in [1.29, 1.82) is 0 Å². The summed E-state index contributed by atoms with van der Waals surface area (Å²) in [7, 11) is 0. The van der Waals surface area contributed by atoms with Crippen molar-refractivity contribution in [3.05, 3.63) is 36.7 Å². The summed E-state index contributed by atoms with van der Waals surface area (Å²) in [5.74, 6) is 1.07. The van der Waals surface area contributed by atoms with Crippen molar-refractivity contribution in [3.8, 4) is 17.0 Å². The van der Waals surface area contributed by atoms with Gasteiger partial charge in [0.2, 0.25) is 5.91 Å². The molecule has 1 amide bonds. The Hall–Kier alpha value is -2.43. The molecule has 0 bridgehead atoms. The van der Waals surface area contributed by atoms with E-state index >= 15 is 0 Å². The van der Waals surface area contributed by atoms with Crippen LogP contribution in [0.1, 0.15) is 13.8 Å². The Balaban J connectivity index is 2.21. The molecule has 5 nitrogen and oxygen atoms in total. The number of anilines is 1. The van der Waals surface area contributed by atoms with Gasteiger partial charge in [0, 0.05) is 12.5 Å². The van der Waals surface area contributed by atoms with Crippen LogP contribution in [0.3, 0.4) is 0 Å². The Labute approximate surface area is 111 Å². The van der Waals surface area contributed by atoms with Crippen LogP contribution in [0.4, 0.5) is 5.82 Å². The number of nitrogens with one attached hydrogen (secondary N) is 1. The maximum atomic E-state index is 10.9. The molecule has 1 aromatic heterocycles. The Morgan fingerprint density at radius 2 is 2.16 bits per heavy atom. The largest absolute Gasteiger partial charge is 0.494 e. The Morgan fingerprint density at radius 3 is 2.79 bits per heavy atom. The normalized spacial score (nSPS) is 10.0. The Bertz CT molecular complexity index is 567. The summed E-state index contributed by atoms with van der Waals surface area (Å²) in [5, 5.41) is 2.58. The highest BCUT2D eigenvalue weighted by Gasteiger charge is 2.03. The molecule has 0 spiro atoms. The van der Waals surface area contributed by atoms with E-state index < -0.39 is 0 Å². The summed E-state index contributed by atoms with van der Waals surface area (Å²) in [6.45, 7) is 3.99. The number of carbonyl (C=O) groups is 1. The number of carbonyl (C=O) groups excluding carboxylic acids is 1. The lowest BCUT2D eigenvalue weighted by atomic mass is 10.1. The number of hydrogen-bond acceptors (Lipinski definition) is 4. The highest BCUT2D eigenvalue weighted by Crippen LogP contribution is 2.22. The monoisotopic (exact) mass is 257 g/mol. The van der Waals surface area contributed by atoms with Gasteiger partial charge in [0.15, 0.2) is 5.82 Å². The molecule has 1 aromatic carbocycles. The first kappa shape index (κ1) is 13.0. The maximum Gasteiger partial charge on any atom is 0.222 e. The fourth-order valence-electron chi connectivity index (χ4n) is 1.63. The Morgan fingerprint density at radius 1 is 1.32 bits per heavy atom. The molecule has 0 aliphatic rings. The molecule has 98 valence electrons. The third-order valence-corrected chi connectivity index (χ3v) is 2.40. The van der Waals surface area contributed by atoms with E-state index in [0.717, 1.165) is 17.0 Å². The van der Waals surface area contributed by atoms with Crippen LogP contribution < -0.4 is 10.1 Å². The van der Waals surface area contributed by atoms with Crippen LogP contribution in [-0.4, -0.2) is 22.5 Å². The number of aromatic nitrogens is 2. The number of amides is 1. The highest BCUT2D eigenvalue weighted by molar-refractivity contribution is 5.87. The zero-order valence-electron chi connectivity index (χ0n) is 10.9. The van der Waals surface area contributed by atoms with E-state index in [1.165, 1.54) is 13.1 Å². The molecule has 0 atom stereocenters. The van der Waals surface area contributed by atoms with Gasteiger partial charge >= 0.3 is 0 Å². The lowest BCUT2D eigenvalue weighted by molar-refractivity contribution is -0.114. The molecule has 19 heavy (non-hydrogen) atoms. The van der Waals surface area contributed by atoms with Crippen LogP contribution in [0, 0.1) is 0 Å². The SMILES string of the molecule is CCOc1cccc(-c2cnc(NC(C)=O)cn2)c1. The summed E-state index contributed by atoms with van der Waals surface area (Å²) in [6.07, 6.45) is 3.15. The molecule has 0 aliphatic carbocycles. The van der Waals surface area contributed by atoms with Crippen molar-refractivity contribution in [2.24, 2.45) is 0 Å². The maximum absolute atomic E-state index is 10.9. The van der Waals surface area contributed by atoms with Gasteiger partial charge < -0.3 is 10.1 Å². The van der Waals surface area contributed by atoms with Gasteiger partial charge in [-0.1, -0.05) is 12.1 Å². The number of benzene rings is 1. The van der Waals surface area contributed by atoms with E-state index in [1.807, 2.05) is 31.2 Å². The quantitative estimate of drug-likeness (QED) is 0.914. The predicted octanol–water partition coefficient (Wildman–Crippen LogP) is 2.50. The third kappa shape index (κ3) is 3.51. The van der Waals surface area contributed by atoms with Gasteiger partial charge in [-0.15, -0.1) is 0 Å². The van der Waals surface area contributed by atoms with Gasteiger partial charge in [0.05, 0.1) is 24.7 Å². The summed E-state index contributed by atoms with van der Waals surface area (Å²) in [6, 6.07) is 7.64. The number of hydrogen-bond donors (Lipinski definition) is 1. The minimum Gasteiger partial charge on any atom is -0.494 e. The molecular formula is C14H15N3O2. The molecule has 0 saturated heterocycles. The topological polar surface area (TPSA) is 64.1 Å². The number of rotatable bonds is 4. The summed E-state index contributed by atoms with van der Waals surface area (Å²) in [4.78, 5) is 19.3. The minimum atomic E-state index is -0.166. The summed E-state index contributed by atoms with van der Waals surface area (Å²) in [5.41, 5.74) is 1.66. The number of ether oxygens (including phenoxy) is 1. The van der Waals surface area contributed by atoms with Crippen molar-refractivity contribution in [1.82, 2.24) is 9.97 Å². The van der Waals surface area contributed by atoms with Crippen LogP contribution in [0.5, 0.6) is 5.75 Å². The van der Waals surface area contributed by atoms with Crippen molar-refractivity contribution in [2.45, 2.75) is 13.8 Å². The van der Waals surface area contributed by atoms with Crippen molar-refractivity contribution < 1.29 is 9.53 Å². The predicted molar refractivity (Wildman–Crippen MR) is 72.9 cm³/mol. The fraction of sp³-hybridized carbons (Fsp3) is 0.214. The van der Waals surface area contributed by atoms with Gasteiger partial charge in [0.25, 0.3) is 0 Å². The molecule has 2 aromatic rings. The van der Waals surface area contributed by atoms with E-state index in [1.54, 1.807) is 6.20 Å². The van der Waals surface area contributed by atoms with E-state index in [2.05, 4.69) is 15.3 Å². The van der Waals surface area contributed by atoms with Gasteiger partial charge in [0.1, 0.15) is 5.75 Å². The molecular weight excluding hydrogens is 242 g/mol. The summed E-state index contributed by atoms with van der Waals surface area (Å²) >= 11 is 0. The molecule has 0 aliphatic heterocycles. The van der Waals surface area contributed by atoms with E-state index in [-0.39, 0.29) is 5.91 Å². The highest BCUT2D eigenvalue weighted by atomic mass is 16.5. The molecule has 1 heterocycles. The van der Waals surface area contributed by atoms with Gasteiger partial charge in [-0.3, -0.25) is 9.78 Å². The molecule has 0 fully saturated rings. The third-order valence-electron chi connectivity index (χ3n) is 2.40. The average Bonchev–Trinajstić information content (AvgIpc) is 2.40. The second kappa shape index (κ2) is 5.95. The molecule has 1 N–H and O–H groups in total. The molecule has 5 heteroatoms. The zero-order valence-corrected chi connectivity index (χ0v) is 10.9. The van der Waals surface area contributed by atoms with Gasteiger partial charge in [-0.2, -0.15) is 0 Å². The van der Waals surface area contributed by atoms with Crippen LogP contribution in [0.25, 0.3) is 11.3 Å². The summed E-state index contributed by atoms with van der Waals surface area (Å²) < 4.78 is 5.44. The van der Waals surface area contributed by atoms with Gasteiger partial charge in [-0.25, -0.2) is 4.98 Å². The van der Waals surface area contributed by atoms with Crippen LogP contribution in [0.15, 0.2) is 36.7 Å². The van der Waals surface area contributed by atoms with Crippen molar-refractivity contribution >= 4 is 11.7 Å². The van der Waals surface area contributed by atoms with Crippen LogP contribution >= 0.6 is 0 Å². The van der Waals surface area contributed by atoms with E-state index in [9.17, 15) is 4.79 Å². The molecule has 2 rings (SSSR count). The molecule has 0 radical (unpaired) electrons. The average molecular weight is 257 g/mol. The molecule has 0 unspecified atom stereocenters. The second-order valence-electron chi connectivity index (χ2n) is 3.93. The number of nitrogens with zero attached hydrogens (tertiary/aromatic N) is 2. The first-order chi connectivity index (χ1) is 9.19. The lowest BCUT2D eigenvalue weighted by Crippen LogP contribution is -2.07. The first-order valence-corrected chi connectivity index (χ1v) is 6.02. The standard InChI is InChI=1S/C14H15N3O2/c1-3-19-12-6-4-5-11(7-12)13-8-16-14(9-15-13)17-10(2)18/h4-9H,3H2,1-2H3,(H,16,17,18). The first-order valence-electron chi connectivity index (χ1n) is 6.02. The van der Waals surface area contributed by atoms with Crippen molar-refractivity contribution in [2.75, 3.05) is 11.9 Å². The van der Waals surface area contributed by atoms with E-state index in [0.29, 0.717) is 12.4 Å². The fourth-order valence-corrected chi connectivity index (χ4v) is 1.63. The van der Waals surface area contributed by atoms with E-state index in [4.69, 9.17) is 4.74 Å². The molecule has 0 saturated carbocycles. The van der Waals surface area contributed by atoms with Crippen molar-refractivity contribution in [3.63, 3.8) is 0 Å². The van der Waals surface area contributed by atoms with Gasteiger partial charge in [-0.05, 0) is 19.1 Å². The van der Waals surface area contributed by atoms with Crippen LogP contribution in [-0.2, 0) is 4.79 Å². The zero-order chi connectivity index (χ0) is 13.7. The lowest BCUT2D eigenvalue weighted by Gasteiger charge is -2.06. The smallest absolute Gasteiger partial charge is 0.222 e. The Kier molecular flexibility index (Phi) is 4.07. The van der Waals surface area contributed by atoms with Crippen LogP contribution in [0.2, 0.25) is 0 Å². The minimum absolute atomic E-state index is 0.166.